The first kappa shape index (κ1) is 15.0. The van der Waals surface area contributed by atoms with E-state index in [0.717, 1.165) is 24.9 Å². The molecule has 20 heavy (non-hydrogen) atoms. The highest BCUT2D eigenvalue weighted by Crippen LogP contribution is 2.12. The van der Waals surface area contributed by atoms with E-state index in [-0.39, 0.29) is 12.6 Å². The van der Waals surface area contributed by atoms with E-state index in [0.29, 0.717) is 23.2 Å². The van der Waals surface area contributed by atoms with Gasteiger partial charge in [0.2, 0.25) is 11.7 Å². The fourth-order valence-electron chi connectivity index (χ4n) is 2.31. The van der Waals surface area contributed by atoms with Crippen molar-refractivity contribution in [2.45, 2.75) is 25.4 Å². The van der Waals surface area contributed by atoms with Crippen LogP contribution in [0.3, 0.4) is 0 Å². The standard InChI is InChI=1S/C14H19ClN4O/c15-11-5-3-10(4-6-11)8-19(13(16)9-20)14(17)12-2-1-7-18-12/h3-6,12,16-18,20H,1-2,7-9H2/p+1. The molecular formula is C14H20ClN4O+. The normalized spacial score (nSPS) is 19.8. The zero-order chi connectivity index (χ0) is 14.5. The molecule has 0 aromatic heterocycles. The number of halogens is 1. The molecule has 1 saturated heterocycles. The molecule has 6 heteroatoms. The van der Waals surface area contributed by atoms with Crippen LogP contribution in [0.25, 0.3) is 0 Å². The van der Waals surface area contributed by atoms with Gasteiger partial charge in [0.15, 0.2) is 0 Å². The van der Waals surface area contributed by atoms with Gasteiger partial charge in [0.25, 0.3) is 0 Å². The lowest BCUT2D eigenvalue weighted by Gasteiger charge is -2.15. The predicted octanol–water partition coefficient (Wildman–Crippen LogP) is 0.931. The molecular weight excluding hydrogens is 276 g/mol. The molecule has 1 atom stereocenters. The van der Waals surface area contributed by atoms with Gasteiger partial charge in [-0.2, -0.15) is 5.41 Å². The van der Waals surface area contributed by atoms with E-state index in [1.807, 2.05) is 24.3 Å². The summed E-state index contributed by atoms with van der Waals surface area (Å²) in [6.07, 6.45) is 1.98. The molecule has 1 fully saturated rings. The van der Waals surface area contributed by atoms with Gasteiger partial charge in [0, 0.05) is 5.02 Å². The Morgan fingerprint density at radius 3 is 2.70 bits per heavy atom. The Bertz CT molecular complexity index is 506. The molecule has 2 rings (SSSR count). The van der Waals surface area contributed by atoms with Crippen molar-refractivity contribution in [2.24, 2.45) is 5.73 Å². The molecule has 1 aromatic rings. The summed E-state index contributed by atoms with van der Waals surface area (Å²) in [6.45, 7) is 1.12. The van der Waals surface area contributed by atoms with Crippen LogP contribution < -0.4 is 11.1 Å². The maximum absolute atomic E-state index is 9.28. The number of aliphatic hydroxyl groups is 1. The van der Waals surface area contributed by atoms with Crippen LogP contribution in [0.5, 0.6) is 0 Å². The third-order valence-corrected chi connectivity index (χ3v) is 3.70. The Morgan fingerprint density at radius 2 is 2.15 bits per heavy atom. The van der Waals surface area contributed by atoms with Gasteiger partial charge in [0.05, 0.1) is 12.6 Å². The van der Waals surface area contributed by atoms with Gasteiger partial charge >= 0.3 is 0 Å². The number of aliphatic hydroxyl groups excluding tert-OH is 1. The second kappa shape index (κ2) is 6.83. The van der Waals surface area contributed by atoms with Crippen molar-refractivity contribution >= 4 is 23.3 Å². The summed E-state index contributed by atoms with van der Waals surface area (Å²) in [7, 11) is 0. The topological polar surface area (TPSA) is 85.1 Å². The quantitative estimate of drug-likeness (QED) is 0.379. The zero-order valence-corrected chi connectivity index (χ0v) is 12.0. The minimum Gasteiger partial charge on any atom is -0.385 e. The van der Waals surface area contributed by atoms with E-state index in [4.69, 9.17) is 22.7 Å². The van der Waals surface area contributed by atoms with Crippen molar-refractivity contribution in [2.75, 3.05) is 13.2 Å². The molecule has 0 amide bonds. The Balaban J connectivity index is 2.20. The second-order valence-electron chi connectivity index (χ2n) is 4.90. The van der Waals surface area contributed by atoms with Gasteiger partial charge in [-0.05, 0) is 37.1 Å². The lowest BCUT2D eigenvalue weighted by Crippen LogP contribution is -2.43. The summed E-state index contributed by atoms with van der Waals surface area (Å²) in [5.41, 5.74) is 6.86. The number of nitrogens with zero attached hydrogens (tertiary/aromatic N) is 1. The summed E-state index contributed by atoms with van der Waals surface area (Å²) < 4.78 is 1.66. The first-order valence-electron chi connectivity index (χ1n) is 6.67. The van der Waals surface area contributed by atoms with Crippen molar-refractivity contribution in [3.63, 3.8) is 0 Å². The Labute approximate surface area is 123 Å². The number of nitrogens with two attached hydrogens (primary N) is 1. The van der Waals surface area contributed by atoms with Crippen LogP contribution in [0, 0.1) is 5.41 Å². The molecule has 0 spiro atoms. The zero-order valence-electron chi connectivity index (χ0n) is 11.3. The van der Waals surface area contributed by atoms with Gasteiger partial charge in [-0.25, -0.2) is 4.58 Å². The third-order valence-electron chi connectivity index (χ3n) is 3.44. The summed E-state index contributed by atoms with van der Waals surface area (Å²) in [6, 6.07) is 7.42. The predicted molar refractivity (Wildman–Crippen MR) is 80.4 cm³/mol. The van der Waals surface area contributed by atoms with Crippen LogP contribution in [0.1, 0.15) is 18.4 Å². The van der Waals surface area contributed by atoms with Crippen LogP contribution in [-0.2, 0) is 6.54 Å². The first-order valence-corrected chi connectivity index (χ1v) is 7.05. The minimum absolute atomic E-state index is 0.00685. The van der Waals surface area contributed by atoms with E-state index in [1.165, 1.54) is 0 Å². The summed E-state index contributed by atoms with van der Waals surface area (Å²) in [5.74, 6) is 0.697. The number of amidine groups is 2. The number of benzene rings is 1. The smallest absolute Gasteiger partial charge is 0.247 e. The monoisotopic (exact) mass is 295 g/mol. The molecule has 1 aliphatic rings. The highest BCUT2D eigenvalue weighted by molar-refractivity contribution is 6.30. The van der Waals surface area contributed by atoms with E-state index >= 15 is 0 Å². The maximum Gasteiger partial charge on any atom is 0.247 e. The molecule has 5 nitrogen and oxygen atoms in total. The Hall–Kier alpha value is -1.43. The molecule has 1 aliphatic heterocycles. The van der Waals surface area contributed by atoms with Crippen molar-refractivity contribution in [1.82, 2.24) is 5.32 Å². The molecule has 1 heterocycles. The molecule has 1 unspecified atom stereocenters. The molecule has 108 valence electrons. The fourth-order valence-corrected chi connectivity index (χ4v) is 2.43. The van der Waals surface area contributed by atoms with Gasteiger partial charge in [-0.3, -0.25) is 0 Å². The van der Waals surface area contributed by atoms with Gasteiger partial charge in [-0.1, -0.05) is 23.7 Å². The SMILES string of the molecule is N=C(C1CCCN1)[N+](Cc1ccc(Cl)cc1)=C(N)CO. The average molecular weight is 296 g/mol. The van der Waals surface area contributed by atoms with Crippen molar-refractivity contribution in [3.8, 4) is 0 Å². The lowest BCUT2D eigenvalue weighted by atomic mass is 10.1. The van der Waals surface area contributed by atoms with Crippen molar-refractivity contribution < 1.29 is 9.68 Å². The van der Waals surface area contributed by atoms with Crippen molar-refractivity contribution in [1.29, 1.82) is 5.41 Å². The number of nitrogens with one attached hydrogen (secondary N) is 2. The Morgan fingerprint density at radius 1 is 1.45 bits per heavy atom. The van der Waals surface area contributed by atoms with Crippen LogP contribution in [-0.4, -0.2) is 40.5 Å². The average Bonchev–Trinajstić information content (AvgIpc) is 2.99. The van der Waals surface area contributed by atoms with E-state index in [1.54, 1.807) is 4.58 Å². The number of hydrogen-bond donors (Lipinski definition) is 4. The van der Waals surface area contributed by atoms with Crippen molar-refractivity contribution in [3.05, 3.63) is 34.9 Å². The second-order valence-corrected chi connectivity index (χ2v) is 5.33. The lowest BCUT2D eigenvalue weighted by molar-refractivity contribution is -0.434. The Kier molecular flexibility index (Phi) is 5.11. The van der Waals surface area contributed by atoms with Gasteiger partial charge < -0.3 is 16.2 Å². The highest BCUT2D eigenvalue weighted by atomic mass is 35.5. The van der Waals surface area contributed by atoms with Crippen LogP contribution in [0.2, 0.25) is 5.02 Å². The van der Waals surface area contributed by atoms with E-state index < -0.39 is 0 Å². The number of rotatable bonds is 4. The molecule has 1 aromatic carbocycles. The maximum atomic E-state index is 9.28. The minimum atomic E-state index is -0.261. The molecule has 0 bridgehead atoms. The largest absolute Gasteiger partial charge is 0.385 e. The molecule has 5 N–H and O–H groups in total. The molecule has 0 aliphatic carbocycles. The molecule has 0 saturated carbocycles. The fraction of sp³-hybridized carbons (Fsp3) is 0.429. The van der Waals surface area contributed by atoms with Crippen LogP contribution in [0.15, 0.2) is 24.3 Å². The van der Waals surface area contributed by atoms with E-state index in [2.05, 4.69) is 5.32 Å². The summed E-state index contributed by atoms with van der Waals surface area (Å²) in [4.78, 5) is 0. The summed E-state index contributed by atoms with van der Waals surface area (Å²) >= 11 is 5.87. The summed E-state index contributed by atoms with van der Waals surface area (Å²) in [5, 5.41) is 21.5. The van der Waals surface area contributed by atoms with Crippen LogP contribution >= 0.6 is 11.6 Å². The van der Waals surface area contributed by atoms with Crippen LogP contribution in [0.4, 0.5) is 0 Å². The van der Waals surface area contributed by atoms with E-state index in [9.17, 15) is 5.11 Å². The number of hydrogen-bond acceptors (Lipinski definition) is 3. The highest BCUT2D eigenvalue weighted by Gasteiger charge is 2.27. The third kappa shape index (κ3) is 3.56. The van der Waals surface area contributed by atoms with Gasteiger partial charge in [-0.15, -0.1) is 0 Å². The molecule has 0 radical (unpaired) electrons. The first-order chi connectivity index (χ1) is 9.61. The van der Waals surface area contributed by atoms with Gasteiger partial charge in [0.1, 0.15) is 6.61 Å².